The molecule has 0 aromatic heterocycles. The lowest BCUT2D eigenvalue weighted by Crippen LogP contribution is -2.34. The number of nitrogens with one attached hydrogen (secondary N) is 1. The monoisotopic (exact) mass is 476 g/mol. The molecule has 1 aromatic rings. The highest BCUT2D eigenvalue weighted by molar-refractivity contribution is 5.83. The lowest BCUT2D eigenvalue weighted by molar-refractivity contribution is -0.142. The minimum Gasteiger partial charge on any atom is -0.491 e. The van der Waals surface area contributed by atoms with E-state index in [-0.39, 0.29) is 31.3 Å². The van der Waals surface area contributed by atoms with Crippen LogP contribution in [0.4, 0.5) is 4.79 Å². The van der Waals surface area contributed by atoms with Gasteiger partial charge in [0.2, 0.25) is 0 Å². The summed E-state index contributed by atoms with van der Waals surface area (Å²) in [4.78, 5) is 35.3. The first-order chi connectivity index (χ1) is 15.8. The number of allylic oxidation sites excluding steroid dienone is 1. The lowest BCUT2D eigenvalue weighted by atomic mass is 9.90. The van der Waals surface area contributed by atoms with Crippen molar-refractivity contribution in [1.82, 2.24) is 5.32 Å². The average molecular weight is 477 g/mol. The van der Waals surface area contributed by atoms with Crippen LogP contribution in [0.15, 0.2) is 30.9 Å². The number of benzene rings is 1. The molecule has 0 radical (unpaired) electrons. The third-order valence-electron chi connectivity index (χ3n) is 5.26. The highest BCUT2D eigenvalue weighted by Crippen LogP contribution is 2.30. The maximum Gasteiger partial charge on any atom is 0.407 e. The Morgan fingerprint density at radius 2 is 1.91 bits per heavy atom. The lowest BCUT2D eigenvalue weighted by Gasteiger charge is -2.20. The number of aliphatic carboxylic acids is 1. The van der Waals surface area contributed by atoms with E-state index in [1.165, 1.54) is 0 Å². The SMILES string of the molecule is C=CC(C)c1cc(C[C@H](CCCC(=O)[C@H](C)N)C(=O)O)ccc1OCCNC(=O)OC(C)(C)C. The zero-order chi connectivity index (χ0) is 25.9. The number of ketones is 1. The molecule has 4 N–H and O–H groups in total. The summed E-state index contributed by atoms with van der Waals surface area (Å²) in [6.07, 6.45) is 2.80. The van der Waals surface area contributed by atoms with Crippen LogP contribution in [0.1, 0.15) is 70.9 Å². The van der Waals surface area contributed by atoms with Crippen LogP contribution in [0.3, 0.4) is 0 Å². The van der Waals surface area contributed by atoms with Gasteiger partial charge < -0.3 is 25.6 Å². The van der Waals surface area contributed by atoms with Crippen LogP contribution in [0, 0.1) is 5.92 Å². The minimum absolute atomic E-state index is 0.0132. The largest absolute Gasteiger partial charge is 0.491 e. The Labute approximate surface area is 202 Å². The number of carbonyl (C=O) groups excluding carboxylic acids is 2. The smallest absolute Gasteiger partial charge is 0.407 e. The molecule has 8 heteroatoms. The number of rotatable bonds is 14. The standard InChI is InChI=1S/C26H40N2O6/c1-7-17(2)21-16-19(15-20(24(30)31)9-8-10-22(29)18(3)27)11-12-23(21)33-14-13-28-25(32)34-26(4,5)6/h7,11-12,16-18,20H,1,8-10,13-15,27H2,2-6H3,(H,28,32)(H,30,31)/t17?,18-,20-/m0/s1. The number of nitrogens with two attached hydrogens (primary N) is 1. The van der Waals surface area contributed by atoms with Crippen molar-refractivity contribution in [2.24, 2.45) is 11.7 Å². The van der Waals surface area contributed by atoms with Gasteiger partial charge in [-0.15, -0.1) is 6.58 Å². The first-order valence-corrected chi connectivity index (χ1v) is 11.7. The van der Waals surface area contributed by atoms with E-state index >= 15 is 0 Å². The van der Waals surface area contributed by atoms with Crippen molar-refractivity contribution in [3.05, 3.63) is 42.0 Å². The van der Waals surface area contributed by atoms with Gasteiger partial charge in [0.15, 0.2) is 0 Å². The van der Waals surface area contributed by atoms with Crippen LogP contribution in [-0.2, 0) is 20.7 Å². The molecule has 0 bridgehead atoms. The predicted octanol–water partition coefficient (Wildman–Crippen LogP) is 4.21. The summed E-state index contributed by atoms with van der Waals surface area (Å²) in [6, 6.07) is 5.07. The molecule has 0 spiro atoms. The van der Waals surface area contributed by atoms with Gasteiger partial charge >= 0.3 is 12.1 Å². The number of carboxylic acid groups (broad SMARTS) is 1. The predicted molar refractivity (Wildman–Crippen MR) is 132 cm³/mol. The molecule has 0 fully saturated rings. The normalized spacial score (nSPS) is 13.9. The van der Waals surface area contributed by atoms with Crippen molar-refractivity contribution in [1.29, 1.82) is 0 Å². The Bertz CT molecular complexity index is 844. The van der Waals surface area contributed by atoms with E-state index in [0.29, 0.717) is 25.0 Å². The Morgan fingerprint density at radius 1 is 1.24 bits per heavy atom. The zero-order valence-corrected chi connectivity index (χ0v) is 21.1. The second-order valence-corrected chi connectivity index (χ2v) is 9.56. The summed E-state index contributed by atoms with van der Waals surface area (Å²) in [7, 11) is 0. The van der Waals surface area contributed by atoms with Crippen molar-refractivity contribution >= 4 is 17.8 Å². The molecule has 190 valence electrons. The fourth-order valence-corrected chi connectivity index (χ4v) is 3.32. The van der Waals surface area contributed by atoms with E-state index in [4.69, 9.17) is 15.2 Å². The summed E-state index contributed by atoms with van der Waals surface area (Å²) in [5, 5.41) is 12.3. The molecule has 0 aliphatic rings. The van der Waals surface area contributed by atoms with Gasteiger partial charge in [0, 0.05) is 17.9 Å². The number of ether oxygens (including phenoxy) is 2. The van der Waals surface area contributed by atoms with Crippen LogP contribution in [-0.4, -0.2) is 47.7 Å². The van der Waals surface area contributed by atoms with Crippen molar-refractivity contribution in [3.8, 4) is 5.75 Å². The molecule has 1 amide bonds. The molecule has 0 saturated carbocycles. The zero-order valence-electron chi connectivity index (χ0n) is 21.1. The summed E-state index contributed by atoms with van der Waals surface area (Å²) in [5.41, 5.74) is 6.77. The van der Waals surface area contributed by atoms with E-state index in [9.17, 15) is 19.5 Å². The molecular weight excluding hydrogens is 436 g/mol. The van der Waals surface area contributed by atoms with Crippen LogP contribution >= 0.6 is 0 Å². The summed E-state index contributed by atoms with van der Waals surface area (Å²) in [5.74, 6) is -0.913. The Hall–Kier alpha value is -2.87. The van der Waals surface area contributed by atoms with Crippen molar-refractivity contribution < 1.29 is 29.0 Å². The molecule has 34 heavy (non-hydrogen) atoms. The molecule has 0 aliphatic heterocycles. The fourth-order valence-electron chi connectivity index (χ4n) is 3.32. The Kier molecular flexibility index (Phi) is 11.8. The van der Waals surface area contributed by atoms with Gasteiger partial charge in [0.1, 0.15) is 23.7 Å². The first kappa shape index (κ1) is 29.2. The first-order valence-electron chi connectivity index (χ1n) is 11.7. The number of Topliss-reactive ketones (excluding diaryl/α,β-unsaturated/α-hetero) is 1. The number of alkyl carbamates (subject to hydrolysis) is 1. The average Bonchev–Trinajstić information content (AvgIpc) is 2.74. The second-order valence-electron chi connectivity index (χ2n) is 9.56. The number of hydrogen-bond donors (Lipinski definition) is 3. The van der Waals surface area contributed by atoms with Crippen LogP contribution in [0.5, 0.6) is 5.75 Å². The van der Waals surface area contributed by atoms with Gasteiger partial charge in [-0.25, -0.2) is 4.79 Å². The third kappa shape index (κ3) is 10.8. The molecular formula is C26H40N2O6. The number of amides is 1. The van der Waals surface area contributed by atoms with E-state index in [2.05, 4.69) is 11.9 Å². The van der Waals surface area contributed by atoms with E-state index in [1.54, 1.807) is 33.8 Å². The van der Waals surface area contributed by atoms with Crippen molar-refractivity contribution in [3.63, 3.8) is 0 Å². The molecule has 0 heterocycles. The molecule has 1 unspecified atom stereocenters. The summed E-state index contributed by atoms with van der Waals surface area (Å²) >= 11 is 0. The summed E-state index contributed by atoms with van der Waals surface area (Å²) in [6.45, 7) is 13.4. The fraction of sp³-hybridized carbons (Fsp3) is 0.577. The quantitative estimate of drug-likeness (QED) is 0.271. The summed E-state index contributed by atoms with van der Waals surface area (Å²) < 4.78 is 11.1. The topological polar surface area (TPSA) is 128 Å². The number of carbonyl (C=O) groups is 3. The molecule has 1 aromatic carbocycles. The van der Waals surface area contributed by atoms with Gasteiger partial charge in [0.05, 0.1) is 18.5 Å². The van der Waals surface area contributed by atoms with E-state index < -0.39 is 29.6 Å². The number of hydrogen-bond acceptors (Lipinski definition) is 6. The molecule has 1 rings (SSSR count). The molecule has 0 aliphatic carbocycles. The highest BCUT2D eigenvalue weighted by atomic mass is 16.6. The van der Waals surface area contributed by atoms with Gasteiger partial charge in [-0.2, -0.15) is 0 Å². The Morgan fingerprint density at radius 3 is 2.47 bits per heavy atom. The second kappa shape index (κ2) is 13.7. The molecule has 0 saturated heterocycles. The molecule has 3 atom stereocenters. The van der Waals surface area contributed by atoms with Crippen LogP contribution in [0.2, 0.25) is 0 Å². The van der Waals surface area contributed by atoms with Crippen molar-refractivity contribution in [2.45, 2.75) is 77.9 Å². The van der Waals surface area contributed by atoms with Gasteiger partial charge in [-0.05, 0) is 58.6 Å². The van der Waals surface area contributed by atoms with E-state index in [1.807, 2.05) is 25.1 Å². The van der Waals surface area contributed by atoms with Gasteiger partial charge in [0.25, 0.3) is 0 Å². The number of carboxylic acids is 1. The third-order valence-corrected chi connectivity index (χ3v) is 5.26. The highest BCUT2D eigenvalue weighted by Gasteiger charge is 2.21. The maximum atomic E-state index is 11.8. The van der Waals surface area contributed by atoms with E-state index in [0.717, 1.165) is 11.1 Å². The van der Waals surface area contributed by atoms with Crippen LogP contribution in [0.25, 0.3) is 0 Å². The Balaban J connectivity index is 2.79. The molecule has 8 nitrogen and oxygen atoms in total. The maximum absolute atomic E-state index is 11.8. The van der Waals surface area contributed by atoms with Crippen LogP contribution < -0.4 is 15.8 Å². The van der Waals surface area contributed by atoms with Gasteiger partial charge in [-0.1, -0.05) is 25.1 Å². The minimum atomic E-state index is -0.889. The van der Waals surface area contributed by atoms with Crippen molar-refractivity contribution in [2.75, 3.05) is 13.2 Å². The van der Waals surface area contributed by atoms with Gasteiger partial charge in [-0.3, -0.25) is 9.59 Å².